The maximum Gasteiger partial charge on any atom is 0.0667 e. The molecule has 0 spiro atoms. The Morgan fingerprint density at radius 3 is 0.851 bits per heavy atom. The van der Waals surface area contributed by atoms with Crippen LogP contribution in [0.15, 0.2) is 0 Å². The van der Waals surface area contributed by atoms with Gasteiger partial charge in [0.1, 0.15) is 0 Å². The Morgan fingerprint density at radius 1 is 0.276 bits per heavy atom. The van der Waals surface area contributed by atoms with E-state index in [-0.39, 0.29) is 116 Å². The van der Waals surface area contributed by atoms with Gasteiger partial charge in [0.2, 0.25) is 0 Å². The van der Waals surface area contributed by atoms with Gasteiger partial charge in [-0.15, -0.1) is 0 Å². The van der Waals surface area contributed by atoms with Crippen molar-refractivity contribution < 1.29 is 28.4 Å². The topological polar surface area (TPSA) is 152 Å². The molecule has 0 aromatic carbocycles. The van der Waals surface area contributed by atoms with Crippen molar-refractivity contribution in [3.8, 4) is 0 Å². The largest absolute Gasteiger partial charge is 0.381 e. The van der Waals surface area contributed by atoms with Crippen LogP contribution in [0.25, 0.3) is 0 Å². The van der Waals surface area contributed by atoms with Crippen molar-refractivity contribution in [2.45, 2.75) is 288 Å². The molecule has 5 heterocycles. The fraction of sp³-hybridized carbons (Fsp3) is 1.00. The number of methoxy groups -OCH3 is 3. The lowest BCUT2D eigenvalue weighted by Crippen LogP contribution is -2.63. The Hall–Kier alpha value is -0.560. The van der Waals surface area contributed by atoms with Crippen LogP contribution < -0.4 is 42.5 Å². The Morgan fingerprint density at radius 2 is 0.517 bits per heavy atom. The van der Waals surface area contributed by atoms with Gasteiger partial charge in [-0.1, -0.05) is 131 Å². The first-order chi connectivity index (χ1) is 42.7. The lowest BCUT2D eigenvalue weighted by molar-refractivity contribution is -0.173. The molecule has 10 aliphatic carbocycles. The third kappa shape index (κ3) is 11.0. The van der Waals surface area contributed by atoms with Gasteiger partial charge >= 0.3 is 0 Å². The van der Waals surface area contributed by atoms with Crippen LogP contribution in [-0.2, 0) is 28.4 Å². The molecule has 0 aromatic heterocycles. The first kappa shape index (κ1) is 62.5. The SMILES string of the molecule is CCCCOC1C2CCCCC2C(C)C2C3NC(NC4NC(NC5NC(NC6NC(N3)C3C(OCCCC)C7CCCCC7C(OCCCC)C63)C3C(C)C6CC7CCCCC7CC6C(OC)C53)C3C(OC)C5CC6CCCCC6CC5C(OC)C43)C12. The summed E-state index contributed by atoms with van der Waals surface area (Å²) in [5.74, 6) is 11.0. The molecule has 8 N–H and O–H groups in total. The molecular weight excluding hydrogens is 1080 g/mol. The van der Waals surface area contributed by atoms with Crippen molar-refractivity contribution in [3.05, 3.63) is 0 Å². The molecule has 15 aliphatic rings. The van der Waals surface area contributed by atoms with E-state index in [1.807, 2.05) is 0 Å². The smallest absolute Gasteiger partial charge is 0.0667 e. The van der Waals surface area contributed by atoms with Crippen LogP contribution in [-0.4, -0.2) is 127 Å². The first-order valence-electron chi connectivity index (χ1n) is 38.3. The van der Waals surface area contributed by atoms with Gasteiger partial charge in [-0.05, 0) is 165 Å². The van der Waals surface area contributed by atoms with Gasteiger partial charge in [0.15, 0.2) is 0 Å². The Bertz CT molecular complexity index is 2260. The molecule has 14 nitrogen and oxygen atoms in total. The molecule has 87 heavy (non-hydrogen) atoms. The predicted octanol–water partition coefficient (Wildman–Crippen LogP) is 10.5. The van der Waals surface area contributed by atoms with E-state index in [4.69, 9.17) is 39.1 Å². The zero-order valence-corrected chi connectivity index (χ0v) is 55.7. The predicted molar refractivity (Wildman–Crippen MR) is 342 cm³/mol. The highest BCUT2D eigenvalue weighted by Crippen LogP contribution is 2.62. The summed E-state index contributed by atoms with van der Waals surface area (Å²) in [5, 5.41) is 37.2. The molecule has 5 saturated heterocycles. The van der Waals surface area contributed by atoms with E-state index in [1.54, 1.807) is 0 Å². The normalized spacial score (nSPS) is 54.8. The number of hydrogen-bond donors (Lipinski definition) is 8. The van der Waals surface area contributed by atoms with E-state index in [0.29, 0.717) is 76.9 Å². The van der Waals surface area contributed by atoms with E-state index in [1.165, 1.54) is 128 Å². The van der Waals surface area contributed by atoms with Crippen LogP contribution >= 0.6 is 0 Å². The summed E-state index contributed by atoms with van der Waals surface area (Å²) in [6.45, 7) is 14.9. The van der Waals surface area contributed by atoms with Crippen molar-refractivity contribution in [2.75, 3.05) is 41.2 Å². The Kier molecular flexibility index (Phi) is 19.4. The van der Waals surface area contributed by atoms with Crippen LogP contribution in [0.2, 0.25) is 0 Å². The fourth-order valence-electron chi connectivity index (χ4n) is 26.2. The van der Waals surface area contributed by atoms with Gasteiger partial charge < -0.3 is 28.4 Å². The quantitative estimate of drug-likeness (QED) is 0.0735. The van der Waals surface area contributed by atoms with Gasteiger partial charge in [-0.3, -0.25) is 42.5 Å². The second-order valence-electron chi connectivity index (χ2n) is 33.1. The third-order valence-electron chi connectivity index (χ3n) is 29.6. The number of fused-ring (bicyclic) bond motifs is 26. The number of hydrogen-bond acceptors (Lipinski definition) is 14. The Labute approximate surface area is 527 Å². The molecule has 14 heteroatoms. The van der Waals surface area contributed by atoms with Crippen molar-refractivity contribution in [1.82, 2.24) is 42.5 Å². The molecule has 15 fully saturated rings. The molecule has 5 aliphatic heterocycles. The molecule has 10 saturated carbocycles. The standard InChI is InChI=1S/C73H126N8O6/c1-9-12-31-85-63-45-28-20-19-27-44(45)38(4)52-55(63)69-75-66(52)76-72-58-59(65(87-33-14-11-3)47-30-22-21-29-46(47)64(58)86-32-13-10-2)73(81-72)77-67-53-39(5)48-34-40-23-15-16-24-41(40)35-49(48)60(82-6)54(53)68(74-67)78-70-56-57(71(79-69)80-70)62(84-8)51-37-43-26-18-17-25-42(43)36-50(51)61(56)83-7/h38-81H,9-37H2,1-8H3. The average molecular weight is 1210 g/mol. The third-order valence-corrected chi connectivity index (χ3v) is 29.6. The molecule has 0 radical (unpaired) electrons. The van der Waals surface area contributed by atoms with Gasteiger partial charge in [0, 0.05) is 76.7 Å². The van der Waals surface area contributed by atoms with E-state index in [2.05, 4.69) is 87.8 Å². The average Bonchev–Trinajstić information content (AvgIpc) is 1.66. The molecule has 0 amide bonds. The van der Waals surface area contributed by atoms with E-state index in [0.717, 1.165) is 82.0 Å². The summed E-state index contributed by atoms with van der Waals surface area (Å²) in [6, 6.07) is 0. The van der Waals surface area contributed by atoms with Crippen molar-refractivity contribution in [1.29, 1.82) is 0 Å². The maximum absolute atomic E-state index is 7.60. The van der Waals surface area contributed by atoms with Gasteiger partial charge in [-0.2, -0.15) is 0 Å². The number of ether oxygens (including phenoxy) is 6. The maximum atomic E-state index is 7.60. The zero-order valence-electron chi connectivity index (χ0n) is 55.7. The van der Waals surface area contributed by atoms with Gasteiger partial charge in [0.25, 0.3) is 0 Å². The second-order valence-corrected chi connectivity index (χ2v) is 33.1. The fourth-order valence-corrected chi connectivity index (χ4v) is 26.2. The summed E-state index contributed by atoms with van der Waals surface area (Å²) in [4.78, 5) is 0. The van der Waals surface area contributed by atoms with Crippen LogP contribution in [0.5, 0.6) is 0 Å². The highest BCUT2D eigenvalue weighted by Gasteiger charge is 2.68. The molecular formula is C73H126N8O6. The molecule has 36 atom stereocenters. The summed E-state index contributed by atoms with van der Waals surface area (Å²) in [7, 11) is 6.26. The molecule has 15 rings (SSSR count). The van der Waals surface area contributed by atoms with Crippen molar-refractivity contribution in [3.63, 3.8) is 0 Å². The number of unbranched alkanes of at least 4 members (excludes halogenated alkanes) is 3. The highest BCUT2D eigenvalue weighted by molar-refractivity contribution is 5.19. The van der Waals surface area contributed by atoms with Crippen LogP contribution in [0.4, 0.5) is 0 Å². The van der Waals surface area contributed by atoms with Crippen LogP contribution in [0, 0.1) is 130 Å². The van der Waals surface area contributed by atoms with E-state index in [9.17, 15) is 0 Å². The molecule has 8 bridgehead atoms. The minimum atomic E-state index is -0.00222. The second kappa shape index (κ2) is 26.9. The molecule has 494 valence electrons. The van der Waals surface area contributed by atoms with E-state index >= 15 is 0 Å². The van der Waals surface area contributed by atoms with Gasteiger partial charge in [0.05, 0.1) is 86.0 Å². The molecule has 36 unspecified atom stereocenters. The summed E-state index contributed by atoms with van der Waals surface area (Å²) in [5.41, 5.74) is 0. The first-order valence-corrected chi connectivity index (χ1v) is 38.3. The highest BCUT2D eigenvalue weighted by atomic mass is 16.5. The van der Waals surface area contributed by atoms with Gasteiger partial charge in [-0.25, -0.2) is 0 Å². The van der Waals surface area contributed by atoms with E-state index < -0.39 is 0 Å². The number of nitrogens with one attached hydrogen (secondary N) is 8. The van der Waals surface area contributed by atoms with Crippen molar-refractivity contribution in [2.24, 2.45) is 130 Å². The number of rotatable bonds is 15. The minimum absolute atomic E-state index is 0.00137. The zero-order chi connectivity index (χ0) is 59.2. The lowest BCUT2D eigenvalue weighted by atomic mass is 9.52. The minimum Gasteiger partial charge on any atom is -0.381 e. The summed E-state index contributed by atoms with van der Waals surface area (Å²) in [6.07, 6.45) is 34.8. The monoisotopic (exact) mass is 1210 g/mol. The Balaban J connectivity index is 0.875. The summed E-state index contributed by atoms with van der Waals surface area (Å²) < 4.78 is 44.4. The van der Waals surface area contributed by atoms with Crippen LogP contribution in [0.1, 0.15) is 202 Å². The molecule has 0 aromatic rings. The summed E-state index contributed by atoms with van der Waals surface area (Å²) >= 11 is 0. The van der Waals surface area contributed by atoms with Crippen LogP contribution in [0.3, 0.4) is 0 Å². The van der Waals surface area contributed by atoms with Crippen molar-refractivity contribution >= 4 is 0 Å². The lowest BCUT2D eigenvalue weighted by Gasteiger charge is -2.56.